The van der Waals surface area contributed by atoms with Crippen molar-refractivity contribution in [2.75, 3.05) is 7.11 Å². The van der Waals surface area contributed by atoms with Crippen molar-refractivity contribution < 1.29 is 14.6 Å². The molecule has 4 atom stereocenters. The largest absolute Gasteiger partial charge is 0.469 e. The molecule has 0 saturated heterocycles. The first-order valence-electron chi connectivity index (χ1n) is 6.92. The number of allylic oxidation sites excluding steroid dienone is 1. The molecule has 0 radical (unpaired) electrons. The number of fused-ring (bicyclic) bond motifs is 1. The minimum Gasteiger partial charge on any atom is -0.469 e. The highest BCUT2D eigenvalue weighted by Crippen LogP contribution is 2.61. The normalized spacial score (nSPS) is 42.6. The molecule has 0 aromatic carbocycles. The van der Waals surface area contributed by atoms with Crippen LogP contribution in [0.15, 0.2) is 12.7 Å². The molecule has 2 saturated carbocycles. The number of carbonyl (C=O) groups is 1. The third-order valence-electron chi connectivity index (χ3n) is 5.12. The SMILES string of the molecule is C=CCC[C@]1(C(=O)OC)CC[C@@H]2C[C@H](C)C[C@@]21O. The Morgan fingerprint density at radius 2 is 2.33 bits per heavy atom. The van der Waals surface area contributed by atoms with Gasteiger partial charge in [-0.25, -0.2) is 0 Å². The Bertz CT molecular complexity index is 352. The second-order valence-electron chi connectivity index (χ2n) is 6.11. The smallest absolute Gasteiger partial charge is 0.314 e. The van der Waals surface area contributed by atoms with Gasteiger partial charge < -0.3 is 9.84 Å². The molecule has 2 rings (SSSR count). The summed E-state index contributed by atoms with van der Waals surface area (Å²) in [6, 6.07) is 0. The molecular formula is C15H24O3. The Hall–Kier alpha value is -0.830. The van der Waals surface area contributed by atoms with Gasteiger partial charge in [-0.1, -0.05) is 13.0 Å². The van der Waals surface area contributed by atoms with Gasteiger partial charge in [0.2, 0.25) is 0 Å². The first-order chi connectivity index (χ1) is 8.50. The maximum Gasteiger partial charge on any atom is 0.314 e. The van der Waals surface area contributed by atoms with E-state index in [4.69, 9.17) is 4.74 Å². The summed E-state index contributed by atoms with van der Waals surface area (Å²) in [5.74, 6) is 0.521. The van der Waals surface area contributed by atoms with Gasteiger partial charge in [-0.3, -0.25) is 4.79 Å². The van der Waals surface area contributed by atoms with Crippen LogP contribution in [0.5, 0.6) is 0 Å². The van der Waals surface area contributed by atoms with E-state index in [2.05, 4.69) is 13.5 Å². The van der Waals surface area contributed by atoms with Gasteiger partial charge >= 0.3 is 5.97 Å². The van der Waals surface area contributed by atoms with Crippen LogP contribution in [0.3, 0.4) is 0 Å². The number of rotatable bonds is 4. The summed E-state index contributed by atoms with van der Waals surface area (Å²) in [5.41, 5.74) is -1.56. The van der Waals surface area contributed by atoms with Crippen LogP contribution in [-0.4, -0.2) is 23.8 Å². The highest BCUT2D eigenvalue weighted by molar-refractivity contribution is 5.79. The molecule has 0 amide bonds. The second-order valence-corrected chi connectivity index (χ2v) is 6.11. The van der Waals surface area contributed by atoms with Crippen LogP contribution in [0, 0.1) is 17.3 Å². The van der Waals surface area contributed by atoms with Gasteiger partial charge in [-0.2, -0.15) is 0 Å². The van der Waals surface area contributed by atoms with Crippen LogP contribution in [0.4, 0.5) is 0 Å². The van der Waals surface area contributed by atoms with Crippen LogP contribution in [0.2, 0.25) is 0 Å². The van der Waals surface area contributed by atoms with Crippen molar-refractivity contribution >= 4 is 5.97 Å². The summed E-state index contributed by atoms with van der Waals surface area (Å²) >= 11 is 0. The van der Waals surface area contributed by atoms with Gasteiger partial charge in [-0.05, 0) is 50.4 Å². The summed E-state index contributed by atoms with van der Waals surface area (Å²) < 4.78 is 5.01. The van der Waals surface area contributed by atoms with Gasteiger partial charge in [0.25, 0.3) is 0 Å². The van der Waals surface area contributed by atoms with E-state index in [-0.39, 0.29) is 11.9 Å². The summed E-state index contributed by atoms with van der Waals surface area (Å²) in [7, 11) is 1.42. The van der Waals surface area contributed by atoms with Crippen molar-refractivity contribution in [2.45, 2.75) is 51.0 Å². The quantitative estimate of drug-likeness (QED) is 0.618. The van der Waals surface area contributed by atoms with Gasteiger partial charge in [-0.15, -0.1) is 6.58 Å². The summed E-state index contributed by atoms with van der Waals surface area (Å²) in [6.45, 7) is 5.89. The highest BCUT2D eigenvalue weighted by atomic mass is 16.5. The Kier molecular flexibility index (Phi) is 3.54. The van der Waals surface area contributed by atoms with E-state index in [1.807, 2.05) is 6.08 Å². The Morgan fingerprint density at radius 1 is 1.61 bits per heavy atom. The maximum atomic E-state index is 12.3. The van der Waals surface area contributed by atoms with Gasteiger partial charge in [0.15, 0.2) is 0 Å². The Labute approximate surface area is 109 Å². The zero-order chi connectivity index (χ0) is 13.4. The van der Waals surface area contributed by atoms with Gasteiger partial charge in [0.1, 0.15) is 0 Å². The van der Waals surface area contributed by atoms with Crippen molar-refractivity contribution in [2.24, 2.45) is 17.3 Å². The minimum absolute atomic E-state index is 0.233. The first kappa shape index (κ1) is 13.6. The van der Waals surface area contributed by atoms with E-state index in [1.165, 1.54) is 7.11 Å². The molecule has 2 fully saturated rings. The fourth-order valence-corrected chi connectivity index (χ4v) is 4.31. The molecular weight excluding hydrogens is 228 g/mol. The number of ether oxygens (including phenoxy) is 1. The van der Waals surface area contributed by atoms with E-state index < -0.39 is 11.0 Å². The zero-order valence-electron chi connectivity index (χ0n) is 11.4. The van der Waals surface area contributed by atoms with E-state index in [0.29, 0.717) is 12.3 Å². The molecule has 0 aliphatic heterocycles. The van der Waals surface area contributed by atoms with Crippen molar-refractivity contribution in [1.29, 1.82) is 0 Å². The number of aliphatic hydroxyl groups is 1. The third-order valence-corrected chi connectivity index (χ3v) is 5.12. The molecule has 102 valence electrons. The topological polar surface area (TPSA) is 46.5 Å². The predicted octanol–water partition coefficient (Wildman–Crippen LogP) is 2.68. The zero-order valence-corrected chi connectivity index (χ0v) is 11.4. The molecule has 18 heavy (non-hydrogen) atoms. The van der Waals surface area contributed by atoms with E-state index in [1.54, 1.807) is 0 Å². The predicted molar refractivity (Wildman–Crippen MR) is 70.0 cm³/mol. The number of hydrogen-bond donors (Lipinski definition) is 1. The number of carbonyl (C=O) groups excluding carboxylic acids is 1. The monoisotopic (exact) mass is 252 g/mol. The standard InChI is InChI=1S/C15H24O3/c1-4-5-7-14(13(16)18-3)8-6-12-9-11(2)10-15(12,14)17/h4,11-12,17H,1,5-10H2,2-3H3/t11-,12+,14+,15+/m0/s1. The van der Waals surface area contributed by atoms with Crippen molar-refractivity contribution in [3.63, 3.8) is 0 Å². The molecule has 0 spiro atoms. The summed E-state index contributed by atoms with van der Waals surface area (Å²) in [4.78, 5) is 12.3. The number of esters is 1. The first-order valence-corrected chi connectivity index (χ1v) is 6.92. The minimum atomic E-state index is -0.859. The lowest BCUT2D eigenvalue weighted by Gasteiger charge is -2.40. The summed E-state index contributed by atoms with van der Waals surface area (Å²) in [5, 5.41) is 11.1. The third kappa shape index (κ3) is 1.71. The van der Waals surface area contributed by atoms with Crippen LogP contribution in [0.25, 0.3) is 0 Å². The lowest BCUT2D eigenvalue weighted by atomic mass is 9.69. The van der Waals surface area contributed by atoms with Gasteiger partial charge in [0.05, 0.1) is 18.1 Å². The molecule has 0 aromatic heterocycles. The van der Waals surface area contributed by atoms with Gasteiger partial charge in [0, 0.05) is 0 Å². The molecule has 3 nitrogen and oxygen atoms in total. The lowest BCUT2D eigenvalue weighted by molar-refractivity contribution is -0.172. The van der Waals surface area contributed by atoms with Crippen LogP contribution in [-0.2, 0) is 9.53 Å². The second kappa shape index (κ2) is 4.69. The van der Waals surface area contributed by atoms with Crippen molar-refractivity contribution in [3.8, 4) is 0 Å². The number of methoxy groups -OCH3 is 1. The highest BCUT2D eigenvalue weighted by Gasteiger charge is 2.66. The fraction of sp³-hybridized carbons (Fsp3) is 0.800. The average Bonchev–Trinajstić information content (AvgIpc) is 2.77. The fourth-order valence-electron chi connectivity index (χ4n) is 4.31. The summed E-state index contributed by atoms with van der Waals surface area (Å²) in [6.07, 6.45) is 6.67. The average molecular weight is 252 g/mol. The van der Waals surface area contributed by atoms with Crippen LogP contribution >= 0.6 is 0 Å². The van der Waals surface area contributed by atoms with E-state index >= 15 is 0 Å². The molecule has 1 N–H and O–H groups in total. The Balaban J connectivity index is 2.34. The number of hydrogen-bond acceptors (Lipinski definition) is 3. The van der Waals surface area contributed by atoms with Crippen LogP contribution in [0.1, 0.15) is 45.4 Å². The molecule has 2 aliphatic rings. The van der Waals surface area contributed by atoms with Crippen LogP contribution < -0.4 is 0 Å². The van der Waals surface area contributed by atoms with E-state index in [9.17, 15) is 9.90 Å². The van der Waals surface area contributed by atoms with Crippen molar-refractivity contribution in [1.82, 2.24) is 0 Å². The molecule has 0 heterocycles. The lowest BCUT2D eigenvalue weighted by Crippen LogP contribution is -2.51. The molecule has 0 aromatic rings. The molecule has 0 bridgehead atoms. The molecule has 0 unspecified atom stereocenters. The molecule has 3 heteroatoms. The molecule has 2 aliphatic carbocycles. The van der Waals surface area contributed by atoms with E-state index in [0.717, 1.165) is 32.1 Å². The Morgan fingerprint density at radius 3 is 2.94 bits per heavy atom. The van der Waals surface area contributed by atoms with Crippen molar-refractivity contribution in [3.05, 3.63) is 12.7 Å². The maximum absolute atomic E-state index is 12.3.